The summed E-state index contributed by atoms with van der Waals surface area (Å²) in [5, 5.41) is 1.02. The average molecular weight is 284 g/mol. The van der Waals surface area contributed by atoms with E-state index in [2.05, 4.69) is 15.9 Å². The van der Waals surface area contributed by atoms with Crippen LogP contribution in [0.3, 0.4) is 0 Å². The molecule has 14 heavy (non-hydrogen) atoms. The molecular formula is C9H18BrNO2S. The highest BCUT2D eigenvalue weighted by molar-refractivity contribution is 9.09. The smallest absolute Gasteiger partial charge is 0.211 e. The van der Waals surface area contributed by atoms with Crippen molar-refractivity contribution in [3.63, 3.8) is 0 Å². The predicted molar refractivity (Wildman–Crippen MR) is 62.2 cm³/mol. The van der Waals surface area contributed by atoms with Crippen LogP contribution < -0.4 is 0 Å². The van der Waals surface area contributed by atoms with E-state index in [-0.39, 0.29) is 0 Å². The SMILES string of the molecule is CS(=O)(=O)N1CCCC(CCCBr)C1. The zero-order valence-corrected chi connectivity index (χ0v) is 11.0. The lowest BCUT2D eigenvalue weighted by molar-refractivity contribution is 0.256. The van der Waals surface area contributed by atoms with E-state index in [0.29, 0.717) is 12.5 Å². The Hall–Kier alpha value is 0.390. The molecule has 1 heterocycles. The number of alkyl halides is 1. The summed E-state index contributed by atoms with van der Waals surface area (Å²) in [7, 11) is -2.96. The number of hydrogen-bond acceptors (Lipinski definition) is 2. The van der Waals surface area contributed by atoms with Crippen molar-refractivity contribution in [1.82, 2.24) is 4.31 Å². The molecule has 5 heteroatoms. The molecule has 1 saturated heterocycles. The van der Waals surface area contributed by atoms with E-state index in [1.54, 1.807) is 4.31 Å². The first-order valence-corrected chi connectivity index (χ1v) is 8.02. The molecule has 1 unspecified atom stereocenters. The van der Waals surface area contributed by atoms with E-state index in [1.807, 2.05) is 0 Å². The molecule has 84 valence electrons. The first-order valence-electron chi connectivity index (χ1n) is 5.05. The Kier molecular flexibility index (Phi) is 4.87. The molecule has 0 saturated carbocycles. The summed E-state index contributed by atoms with van der Waals surface area (Å²) < 4.78 is 24.3. The second kappa shape index (κ2) is 5.47. The minimum atomic E-state index is -2.96. The molecule has 0 radical (unpaired) electrons. The van der Waals surface area contributed by atoms with Crippen molar-refractivity contribution in [2.75, 3.05) is 24.7 Å². The normalized spacial score (nSPS) is 25.1. The molecule has 0 aromatic heterocycles. The van der Waals surface area contributed by atoms with Gasteiger partial charge in [-0.2, -0.15) is 0 Å². The highest BCUT2D eigenvalue weighted by Crippen LogP contribution is 2.22. The topological polar surface area (TPSA) is 37.4 Å². The lowest BCUT2D eigenvalue weighted by Crippen LogP contribution is -2.39. The van der Waals surface area contributed by atoms with E-state index in [1.165, 1.54) is 12.7 Å². The number of rotatable bonds is 4. The lowest BCUT2D eigenvalue weighted by Gasteiger charge is -2.30. The van der Waals surface area contributed by atoms with Crippen LogP contribution in [0, 0.1) is 5.92 Å². The van der Waals surface area contributed by atoms with E-state index < -0.39 is 10.0 Å². The van der Waals surface area contributed by atoms with Crippen molar-refractivity contribution >= 4 is 26.0 Å². The van der Waals surface area contributed by atoms with Crippen molar-refractivity contribution in [3.8, 4) is 0 Å². The third kappa shape index (κ3) is 3.87. The molecular weight excluding hydrogens is 266 g/mol. The molecule has 3 nitrogen and oxygen atoms in total. The van der Waals surface area contributed by atoms with Crippen LogP contribution in [0.15, 0.2) is 0 Å². The Bertz CT molecular complexity index is 266. The van der Waals surface area contributed by atoms with E-state index >= 15 is 0 Å². The first-order chi connectivity index (χ1) is 6.54. The number of halogens is 1. The Morgan fingerprint density at radius 2 is 2.21 bits per heavy atom. The van der Waals surface area contributed by atoms with Gasteiger partial charge in [-0.1, -0.05) is 15.9 Å². The maximum absolute atomic E-state index is 11.3. The van der Waals surface area contributed by atoms with Gasteiger partial charge in [-0.3, -0.25) is 0 Å². The summed E-state index contributed by atoms with van der Waals surface area (Å²) in [6.45, 7) is 1.44. The lowest BCUT2D eigenvalue weighted by atomic mass is 9.95. The molecule has 1 atom stereocenters. The van der Waals surface area contributed by atoms with E-state index in [0.717, 1.165) is 31.1 Å². The largest absolute Gasteiger partial charge is 0.213 e. The molecule has 0 aromatic carbocycles. The molecule has 1 aliphatic rings. The van der Waals surface area contributed by atoms with Crippen molar-refractivity contribution in [2.24, 2.45) is 5.92 Å². The fourth-order valence-electron chi connectivity index (χ4n) is 1.93. The zero-order chi connectivity index (χ0) is 10.6. The van der Waals surface area contributed by atoms with Crippen LogP contribution in [-0.2, 0) is 10.0 Å². The third-order valence-corrected chi connectivity index (χ3v) is 4.53. The van der Waals surface area contributed by atoms with Crippen molar-refractivity contribution < 1.29 is 8.42 Å². The number of piperidine rings is 1. The van der Waals surface area contributed by atoms with Crippen LogP contribution in [0.1, 0.15) is 25.7 Å². The van der Waals surface area contributed by atoms with Crippen LogP contribution in [0.25, 0.3) is 0 Å². The van der Waals surface area contributed by atoms with Gasteiger partial charge in [-0.05, 0) is 31.6 Å². The summed E-state index contributed by atoms with van der Waals surface area (Å²) >= 11 is 3.40. The molecule has 0 bridgehead atoms. The Morgan fingerprint density at radius 3 is 2.79 bits per heavy atom. The third-order valence-electron chi connectivity index (χ3n) is 2.70. The summed E-state index contributed by atoms with van der Waals surface area (Å²) in [5.74, 6) is 0.566. The monoisotopic (exact) mass is 283 g/mol. The van der Waals surface area contributed by atoms with Crippen LogP contribution in [0.4, 0.5) is 0 Å². The standard InChI is InChI=1S/C9H18BrNO2S/c1-14(12,13)11-7-3-5-9(8-11)4-2-6-10/h9H,2-8H2,1H3. The second-order valence-corrected chi connectivity index (χ2v) is 6.74. The van der Waals surface area contributed by atoms with Crippen molar-refractivity contribution in [2.45, 2.75) is 25.7 Å². The maximum atomic E-state index is 11.3. The molecule has 0 aliphatic carbocycles. The van der Waals surface area contributed by atoms with Gasteiger partial charge in [0, 0.05) is 18.4 Å². The van der Waals surface area contributed by atoms with Gasteiger partial charge < -0.3 is 0 Å². The molecule has 0 N–H and O–H groups in total. The molecule has 0 aromatic rings. The number of hydrogen-bond donors (Lipinski definition) is 0. The van der Waals surface area contributed by atoms with Gasteiger partial charge in [-0.15, -0.1) is 0 Å². The summed E-state index contributed by atoms with van der Waals surface area (Å²) in [5.41, 5.74) is 0. The zero-order valence-electron chi connectivity index (χ0n) is 8.58. The minimum absolute atomic E-state index is 0.566. The quantitative estimate of drug-likeness (QED) is 0.739. The van der Waals surface area contributed by atoms with Crippen LogP contribution in [0.2, 0.25) is 0 Å². The number of sulfonamides is 1. The van der Waals surface area contributed by atoms with Gasteiger partial charge in [0.2, 0.25) is 10.0 Å². The molecule has 1 rings (SSSR count). The van der Waals surface area contributed by atoms with Crippen molar-refractivity contribution in [3.05, 3.63) is 0 Å². The van der Waals surface area contributed by atoms with Gasteiger partial charge in [0.15, 0.2) is 0 Å². The minimum Gasteiger partial charge on any atom is -0.213 e. The van der Waals surface area contributed by atoms with Crippen LogP contribution in [0.5, 0.6) is 0 Å². The fraction of sp³-hybridized carbons (Fsp3) is 1.00. The second-order valence-electron chi connectivity index (χ2n) is 3.96. The Labute approximate surface area is 95.0 Å². The molecule has 0 spiro atoms. The molecule has 1 fully saturated rings. The highest BCUT2D eigenvalue weighted by atomic mass is 79.9. The van der Waals surface area contributed by atoms with Gasteiger partial charge in [0.05, 0.1) is 6.26 Å². The first kappa shape index (κ1) is 12.5. The van der Waals surface area contributed by atoms with Gasteiger partial charge in [0.1, 0.15) is 0 Å². The van der Waals surface area contributed by atoms with Crippen LogP contribution in [-0.4, -0.2) is 37.4 Å². The predicted octanol–water partition coefficient (Wildman–Crippen LogP) is 1.83. The average Bonchev–Trinajstić information content (AvgIpc) is 2.14. The van der Waals surface area contributed by atoms with Crippen molar-refractivity contribution in [1.29, 1.82) is 0 Å². The Balaban J connectivity index is 2.44. The fourth-order valence-corrected chi connectivity index (χ4v) is 3.20. The summed E-state index contributed by atoms with van der Waals surface area (Å²) in [6, 6.07) is 0. The highest BCUT2D eigenvalue weighted by Gasteiger charge is 2.25. The van der Waals surface area contributed by atoms with E-state index in [9.17, 15) is 8.42 Å². The van der Waals surface area contributed by atoms with Gasteiger partial charge in [-0.25, -0.2) is 12.7 Å². The van der Waals surface area contributed by atoms with Gasteiger partial charge in [0.25, 0.3) is 0 Å². The number of nitrogens with zero attached hydrogens (tertiary/aromatic N) is 1. The summed E-state index contributed by atoms with van der Waals surface area (Å²) in [4.78, 5) is 0. The summed E-state index contributed by atoms with van der Waals surface area (Å²) in [6.07, 6.45) is 5.78. The Morgan fingerprint density at radius 1 is 1.50 bits per heavy atom. The van der Waals surface area contributed by atoms with Gasteiger partial charge >= 0.3 is 0 Å². The molecule has 0 amide bonds. The molecule has 1 aliphatic heterocycles. The maximum Gasteiger partial charge on any atom is 0.211 e. The van der Waals surface area contributed by atoms with E-state index in [4.69, 9.17) is 0 Å². The van der Waals surface area contributed by atoms with Crippen LogP contribution >= 0.6 is 15.9 Å².